The molecule has 0 aliphatic heterocycles. The molecule has 1 nitrogen and oxygen atoms in total. The van der Waals surface area contributed by atoms with Gasteiger partial charge in [-0.1, -0.05) is 86.9 Å². The standard InChI is InChI=1S/C20H23B4N/c1-13(2)19(21,22)15-11-17(14-9-7-6-8-10-14)25-12-16(15)20(23,24)18(3,4)5/h6-13H,1-5H3. The first-order chi connectivity index (χ1) is 11.4. The fraction of sp³-hybridized carbons (Fsp3) is 0.450. The van der Waals surface area contributed by atoms with E-state index in [1.54, 1.807) is 6.20 Å². The van der Waals surface area contributed by atoms with Crippen molar-refractivity contribution in [3.05, 3.63) is 53.7 Å². The van der Waals surface area contributed by atoms with Gasteiger partial charge in [0, 0.05) is 11.8 Å². The van der Waals surface area contributed by atoms with Crippen LogP contribution in [0.25, 0.3) is 11.3 Å². The maximum atomic E-state index is 6.53. The molecule has 2 rings (SSSR count). The highest BCUT2D eigenvalue weighted by Gasteiger charge is 2.38. The second kappa shape index (κ2) is 6.74. The van der Waals surface area contributed by atoms with Gasteiger partial charge in [0.2, 0.25) is 0 Å². The Labute approximate surface area is 158 Å². The molecule has 0 amide bonds. The van der Waals surface area contributed by atoms with Crippen molar-refractivity contribution in [3.8, 4) is 11.3 Å². The number of rotatable bonds is 4. The Kier molecular flexibility index (Phi) is 5.38. The molecule has 0 aliphatic carbocycles. The second-order valence-electron chi connectivity index (χ2n) is 8.19. The number of pyridine rings is 1. The Morgan fingerprint density at radius 2 is 1.44 bits per heavy atom. The van der Waals surface area contributed by atoms with Crippen LogP contribution < -0.4 is 0 Å². The highest BCUT2D eigenvalue weighted by molar-refractivity contribution is 6.43. The van der Waals surface area contributed by atoms with Gasteiger partial charge >= 0.3 is 0 Å². The predicted octanol–water partition coefficient (Wildman–Crippen LogP) is 3.43. The topological polar surface area (TPSA) is 12.9 Å². The van der Waals surface area contributed by atoms with E-state index in [-0.39, 0.29) is 5.92 Å². The van der Waals surface area contributed by atoms with Crippen LogP contribution in [-0.2, 0) is 10.4 Å². The summed E-state index contributed by atoms with van der Waals surface area (Å²) in [6, 6.07) is 11.8. The molecule has 0 fully saturated rings. The first-order valence-electron chi connectivity index (χ1n) is 8.61. The van der Waals surface area contributed by atoms with Crippen molar-refractivity contribution in [2.45, 2.75) is 45.0 Å². The molecule has 0 saturated heterocycles. The van der Waals surface area contributed by atoms with Crippen LogP contribution in [0.1, 0.15) is 45.7 Å². The van der Waals surface area contributed by atoms with Gasteiger partial charge in [-0.2, -0.15) is 0 Å². The molecular weight excluding hydrogens is 297 g/mol. The van der Waals surface area contributed by atoms with E-state index in [0.717, 1.165) is 16.8 Å². The number of nitrogens with zero attached hydrogens (tertiary/aromatic N) is 1. The van der Waals surface area contributed by atoms with Gasteiger partial charge in [0.15, 0.2) is 0 Å². The van der Waals surface area contributed by atoms with E-state index in [1.165, 1.54) is 0 Å². The largest absolute Gasteiger partial charge is 0.256 e. The van der Waals surface area contributed by atoms with Crippen LogP contribution in [0.4, 0.5) is 0 Å². The third kappa shape index (κ3) is 3.76. The van der Waals surface area contributed by atoms with Crippen molar-refractivity contribution in [1.82, 2.24) is 4.98 Å². The minimum atomic E-state index is -1.12. The van der Waals surface area contributed by atoms with Crippen LogP contribution in [-0.4, -0.2) is 36.4 Å². The van der Waals surface area contributed by atoms with E-state index in [9.17, 15) is 0 Å². The molecule has 120 valence electrons. The maximum absolute atomic E-state index is 6.53. The smallest absolute Gasteiger partial charge is 0.0704 e. The first-order valence-corrected chi connectivity index (χ1v) is 8.61. The molecule has 25 heavy (non-hydrogen) atoms. The van der Waals surface area contributed by atoms with Crippen molar-refractivity contribution in [2.75, 3.05) is 0 Å². The molecule has 0 aliphatic rings. The Morgan fingerprint density at radius 1 is 0.880 bits per heavy atom. The highest BCUT2D eigenvalue weighted by atomic mass is 14.7. The molecule has 0 N–H and O–H groups in total. The van der Waals surface area contributed by atoms with Crippen molar-refractivity contribution < 1.29 is 0 Å². The fourth-order valence-corrected chi connectivity index (χ4v) is 2.63. The van der Waals surface area contributed by atoms with Crippen LogP contribution in [0.2, 0.25) is 0 Å². The SMILES string of the molecule is [B]C([B])(c1cc(-c2ccccc2)ncc1C([B])([B])C(C)(C)C)C(C)C. The van der Waals surface area contributed by atoms with E-state index >= 15 is 0 Å². The normalized spacial score (nSPS) is 13.2. The molecule has 1 aromatic heterocycles. The summed E-state index contributed by atoms with van der Waals surface area (Å²) in [5.41, 5.74) is 2.80. The summed E-state index contributed by atoms with van der Waals surface area (Å²) in [6.45, 7) is 9.94. The zero-order chi connectivity index (χ0) is 19.0. The summed E-state index contributed by atoms with van der Waals surface area (Å²) in [6.07, 6.45) is 1.72. The minimum Gasteiger partial charge on any atom is -0.256 e. The van der Waals surface area contributed by atoms with Gasteiger partial charge < -0.3 is 0 Å². The number of benzene rings is 1. The summed E-state index contributed by atoms with van der Waals surface area (Å²) in [7, 11) is 26.1. The van der Waals surface area contributed by atoms with Crippen LogP contribution in [0, 0.1) is 11.3 Å². The summed E-state index contributed by atoms with van der Waals surface area (Å²) in [5, 5.41) is -2.19. The van der Waals surface area contributed by atoms with Gasteiger partial charge in [0.25, 0.3) is 0 Å². The lowest BCUT2D eigenvalue weighted by atomic mass is 9.37. The highest BCUT2D eigenvalue weighted by Crippen LogP contribution is 2.42. The molecule has 5 heteroatoms. The quantitative estimate of drug-likeness (QED) is 0.787. The molecule has 2 aromatic rings. The zero-order valence-electron chi connectivity index (χ0n) is 15.9. The van der Waals surface area contributed by atoms with Crippen LogP contribution in [0.3, 0.4) is 0 Å². The predicted molar refractivity (Wildman–Crippen MR) is 110 cm³/mol. The monoisotopic (exact) mass is 321 g/mol. The average molecular weight is 321 g/mol. The zero-order valence-corrected chi connectivity index (χ0v) is 15.9. The maximum Gasteiger partial charge on any atom is 0.0704 e. The Balaban J connectivity index is 2.73. The molecule has 0 unspecified atom stereocenters. The molecular formula is C20H23B4N. The van der Waals surface area contributed by atoms with E-state index in [0.29, 0.717) is 5.56 Å². The molecule has 0 saturated carbocycles. The second-order valence-corrected chi connectivity index (χ2v) is 8.19. The molecule has 0 bridgehead atoms. The van der Waals surface area contributed by atoms with Crippen LogP contribution in [0.5, 0.6) is 0 Å². The molecule has 8 radical (unpaired) electrons. The third-order valence-corrected chi connectivity index (χ3v) is 5.08. The lowest BCUT2D eigenvalue weighted by Gasteiger charge is -2.45. The van der Waals surface area contributed by atoms with Crippen molar-refractivity contribution in [3.63, 3.8) is 0 Å². The number of hydrogen-bond acceptors (Lipinski definition) is 1. The Morgan fingerprint density at radius 3 is 1.92 bits per heavy atom. The Bertz CT molecular complexity index is 731. The lowest BCUT2D eigenvalue weighted by molar-refractivity contribution is 0.354. The van der Waals surface area contributed by atoms with Gasteiger partial charge in [0.05, 0.1) is 37.1 Å². The number of hydrogen-bond donors (Lipinski definition) is 0. The lowest BCUT2D eigenvalue weighted by Crippen LogP contribution is -2.45. The van der Waals surface area contributed by atoms with Crippen molar-refractivity contribution in [2.24, 2.45) is 11.3 Å². The summed E-state index contributed by atoms with van der Waals surface area (Å²) in [5.74, 6) is -0.00644. The summed E-state index contributed by atoms with van der Waals surface area (Å²) in [4.78, 5) is 4.59. The van der Waals surface area contributed by atoms with E-state index in [4.69, 9.17) is 31.4 Å². The van der Waals surface area contributed by atoms with Crippen molar-refractivity contribution in [1.29, 1.82) is 0 Å². The fourth-order valence-electron chi connectivity index (χ4n) is 2.63. The van der Waals surface area contributed by atoms with Gasteiger partial charge in [-0.05, 0) is 17.0 Å². The van der Waals surface area contributed by atoms with Crippen LogP contribution >= 0.6 is 0 Å². The van der Waals surface area contributed by atoms with Gasteiger partial charge in [-0.15, -0.1) is 0 Å². The average Bonchev–Trinajstić information content (AvgIpc) is 2.54. The third-order valence-electron chi connectivity index (χ3n) is 5.08. The van der Waals surface area contributed by atoms with Crippen LogP contribution in [0.15, 0.2) is 42.6 Å². The van der Waals surface area contributed by atoms with Gasteiger partial charge in [-0.3, -0.25) is 4.98 Å². The minimum absolute atomic E-state index is 0.00644. The van der Waals surface area contributed by atoms with Gasteiger partial charge in [0.1, 0.15) is 0 Å². The van der Waals surface area contributed by atoms with E-state index in [2.05, 4.69) is 4.98 Å². The summed E-state index contributed by atoms with van der Waals surface area (Å²) < 4.78 is 0. The summed E-state index contributed by atoms with van der Waals surface area (Å²) >= 11 is 0. The van der Waals surface area contributed by atoms with Gasteiger partial charge in [-0.25, -0.2) is 0 Å². The molecule has 1 heterocycles. The van der Waals surface area contributed by atoms with Crippen molar-refractivity contribution >= 4 is 31.4 Å². The molecule has 0 spiro atoms. The van der Waals surface area contributed by atoms with E-state index < -0.39 is 15.8 Å². The van der Waals surface area contributed by atoms with E-state index in [1.807, 2.05) is 71.0 Å². The Hall–Kier alpha value is -1.37. The number of aromatic nitrogens is 1. The first kappa shape index (κ1) is 19.9. The molecule has 0 atom stereocenters. The molecule has 1 aromatic carbocycles.